The van der Waals surface area contributed by atoms with Gasteiger partial charge in [0.25, 0.3) is 0 Å². The van der Waals surface area contributed by atoms with Gasteiger partial charge < -0.3 is 9.52 Å². The molecule has 0 spiro atoms. The zero-order chi connectivity index (χ0) is 10.8. The van der Waals surface area contributed by atoms with E-state index in [0.717, 1.165) is 0 Å². The van der Waals surface area contributed by atoms with Gasteiger partial charge in [0, 0.05) is 12.7 Å². The van der Waals surface area contributed by atoms with Crippen LogP contribution in [0.5, 0.6) is 0 Å². The second kappa shape index (κ2) is 3.56. The van der Waals surface area contributed by atoms with Crippen molar-refractivity contribution in [3.8, 4) is 0 Å². The van der Waals surface area contributed by atoms with Gasteiger partial charge in [0.1, 0.15) is 0 Å². The van der Waals surface area contributed by atoms with E-state index < -0.39 is 11.7 Å². The number of hydrogen-bond acceptors (Lipinski definition) is 4. The first-order chi connectivity index (χ1) is 7.18. The molecule has 78 valence electrons. The Labute approximate surface area is 83.8 Å². The molecule has 0 aliphatic rings. The molecule has 6 nitrogen and oxygen atoms in total. The molecule has 0 amide bonds. The lowest BCUT2D eigenvalue weighted by Gasteiger charge is -1.96. The first-order valence-electron chi connectivity index (χ1n) is 4.34. The number of hydrogen-bond donors (Lipinski definition) is 1. The zero-order valence-corrected chi connectivity index (χ0v) is 7.71. The number of carboxylic acids is 1. The standard InChI is InChI=1S/C9H8N2O4/c12-7(13)3-5-11-8-6(15-9(11)14)2-1-4-10-8/h1-2,4H,3,5H2,(H,12,13). The monoisotopic (exact) mass is 208 g/mol. The van der Waals surface area contributed by atoms with Crippen molar-refractivity contribution in [2.24, 2.45) is 0 Å². The lowest BCUT2D eigenvalue weighted by molar-refractivity contribution is -0.137. The normalized spacial score (nSPS) is 10.7. The summed E-state index contributed by atoms with van der Waals surface area (Å²) in [4.78, 5) is 25.6. The van der Waals surface area contributed by atoms with Crippen molar-refractivity contribution in [2.45, 2.75) is 13.0 Å². The lowest BCUT2D eigenvalue weighted by atomic mass is 10.4. The Balaban J connectivity index is 2.45. The summed E-state index contributed by atoms with van der Waals surface area (Å²) in [5.41, 5.74) is 0.747. The van der Waals surface area contributed by atoms with E-state index in [0.29, 0.717) is 11.2 Å². The average Bonchev–Trinajstić information content (AvgIpc) is 2.50. The van der Waals surface area contributed by atoms with Crippen molar-refractivity contribution in [1.29, 1.82) is 0 Å². The summed E-state index contributed by atoms with van der Waals surface area (Å²) in [7, 11) is 0. The van der Waals surface area contributed by atoms with E-state index in [1.165, 1.54) is 10.8 Å². The van der Waals surface area contributed by atoms with Gasteiger partial charge >= 0.3 is 11.7 Å². The minimum Gasteiger partial charge on any atom is -0.481 e. The van der Waals surface area contributed by atoms with Crippen LogP contribution in [0.4, 0.5) is 0 Å². The fourth-order valence-electron chi connectivity index (χ4n) is 1.30. The van der Waals surface area contributed by atoms with Crippen LogP contribution in [0.1, 0.15) is 6.42 Å². The summed E-state index contributed by atoms with van der Waals surface area (Å²) in [5, 5.41) is 8.51. The first-order valence-corrected chi connectivity index (χ1v) is 4.34. The van der Waals surface area contributed by atoms with Gasteiger partial charge in [0.05, 0.1) is 6.42 Å². The Hall–Kier alpha value is -2.11. The smallest absolute Gasteiger partial charge is 0.421 e. The van der Waals surface area contributed by atoms with Gasteiger partial charge in [0.15, 0.2) is 11.2 Å². The summed E-state index contributed by atoms with van der Waals surface area (Å²) < 4.78 is 6.10. The van der Waals surface area contributed by atoms with Crippen molar-refractivity contribution >= 4 is 17.2 Å². The second-order valence-electron chi connectivity index (χ2n) is 2.99. The fraction of sp³-hybridized carbons (Fsp3) is 0.222. The van der Waals surface area contributed by atoms with Gasteiger partial charge in [-0.1, -0.05) is 0 Å². The molecule has 2 aromatic rings. The SMILES string of the molecule is O=C(O)CCn1c(=O)oc2cccnc21. The van der Waals surface area contributed by atoms with Crippen LogP contribution in [0.25, 0.3) is 11.2 Å². The van der Waals surface area contributed by atoms with Gasteiger partial charge in [-0.2, -0.15) is 0 Å². The minimum absolute atomic E-state index is 0.0676. The summed E-state index contributed by atoms with van der Waals surface area (Å²) >= 11 is 0. The maximum absolute atomic E-state index is 11.3. The molecule has 0 unspecified atom stereocenters. The Kier molecular flexibility index (Phi) is 2.24. The van der Waals surface area contributed by atoms with E-state index in [4.69, 9.17) is 9.52 Å². The van der Waals surface area contributed by atoms with E-state index in [9.17, 15) is 9.59 Å². The highest BCUT2D eigenvalue weighted by Crippen LogP contribution is 2.08. The van der Waals surface area contributed by atoms with Crippen molar-refractivity contribution in [1.82, 2.24) is 9.55 Å². The van der Waals surface area contributed by atoms with Gasteiger partial charge in [0.2, 0.25) is 0 Å². The van der Waals surface area contributed by atoms with Crippen LogP contribution in [0, 0.1) is 0 Å². The molecule has 0 aliphatic heterocycles. The van der Waals surface area contributed by atoms with Crippen molar-refractivity contribution < 1.29 is 14.3 Å². The Morgan fingerprint density at radius 2 is 2.40 bits per heavy atom. The van der Waals surface area contributed by atoms with Crippen LogP contribution in [0.3, 0.4) is 0 Å². The van der Waals surface area contributed by atoms with Gasteiger partial charge in [-0.3, -0.25) is 9.36 Å². The van der Waals surface area contributed by atoms with Crippen LogP contribution in [0.2, 0.25) is 0 Å². The molecular weight excluding hydrogens is 200 g/mol. The predicted octanol–water partition coefficient (Wildman–Crippen LogP) is 0.464. The highest BCUT2D eigenvalue weighted by Gasteiger charge is 2.10. The predicted molar refractivity (Wildman–Crippen MR) is 50.5 cm³/mol. The molecule has 0 atom stereocenters. The summed E-state index contributed by atoms with van der Waals surface area (Å²) in [6.45, 7) is 0.0676. The molecule has 1 N–H and O–H groups in total. The van der Waals surface area contributed by atoms with Crippen molar-refractivity contribution in [3.05, 3.63) is 28.9 Å². The van der Waals surface area contributed by atoms with Crippen LogP contribution in [-0.2, 0) is 11.3 Å². The molecule has 0 radical (unpaired) electrons. The number of carboxylic acid groups (broad SMARTS) is 1. The fourth-order valence-corrected chi connectivity index (χ4v) is 1.30. The Morgan fingerprint density at radius 1 is 1.60 bits per heavy atom. The van der Waals surface area contributed by atoms with Crippen molar-refractivity contribution in [3.63, 3.8) is 0 Å². The van der Waals surface area contributed by atoms with Gasteiger partial charge in [-0.15, -0.1) is 0 Å². The quantitative estimate of drug-likeness (QED) is 0.792. The first kappa shape index (κ1) is 9.45. The Morgan fingerprint density at radius 3 is 3.13 bits per heavy atom. The number of aryl methyl sites for hydroxylation is 1. The van der Waals surface area contributed by atoms with Crippen LogP contribution < -0.4 is 5.76 Å². The second-order valence-corrected chi connectivity index (χ2v) is 2.99. The minimum atomic E-state index is -0.966. The van der Waals surface area contributed by atoms with E-state index in [1.807, 2.05) is 0 Å². The summed E-state index contributed by atoms with van der Waals surface area (Å²) in [6.07, 6.45) is 1.39. The number of nitrogens with zero attached hydrogens (tertiary/aromatic N) is 2. The largest absolute Gasteiger partial charge is 0.481 e. The summed E-state index contributed by atoms with van der Waals surface area (Å²) in [6, 6.07) is 3.26. The number of aliphatic carboxylic acids is 1. The molecule has 2 aromatic heterocycles. The van der Waals surface area contributed by atoms with Crippen LogP contribution >= 0.6 is 0 Å². The third kappa shape index (κ3) is 1.74. The zero-order valence-electron chi connectivity index (χ0n) is 7.71. The number of aromatic nitrogens is 2. The molecule has 0 aliphatic carbocycles. The average molecular weight is 208 g/mol. The maximum atomic E-state index is 11.3. The van der Waals surface area contributed by atoms with Crippen LogP contribution in [0.15, 0.2) is 27.5 Å². The highest BCUT2D eigenvalue weighted by atomic mass is 16.4. The molecule has 0 saturated heterocycles. The number of pyridine rings is 1. The Bertz CT molecular complexity index is 554. The number of carbonyl (C=O) groups is 1. The number of rotatable bonds is 3. The molecular formula is C9H8N2O4. The molecule has 0 bridgehead atoms. The molecule has 0 fully saturated rings. The molecule has 2 rings (SSSR count). The maximum Gasteiger partial charge on any atom is 0.421 e. The number of oxazole rings is 1. The van der Waals surface area contributed by atoms with E-state index >= 15 is 0 Å². The van der Waals surface area contributed by atoms with E-state index in [2.05, 4.69) is 4.98 Å². The molecule has 2 heterocycles. The lowest BCUT2D eigenvalue weighted by Crippen LogP contribution is -2.16. The van der Waals surface area contributed by atoms with E-state index in [-0.39, 0.29) is 13.0 Å². The molecule has 15 heavy (non-hydrogen) atoms. The number of fused-ring (bicyclic) bond motifs is 1. The van der Waals surface area contributed by atoms with E-state index in [1.54, 1.807) is 12.1 Å². The molecule has 0 aromatic carbocycles. The third-order valence-electron chi connectivity index (χ3n) is 1.97. The molecule has 0 saturated carbocycles. The summed E-state index contributed by atoms with van der Waals surface area (Å²) in [5.74, 6) is -1.54. The topological polar surface area (TPSA) is 85.3 Å². The third-order valence-corrected chi connectivity index (χ3v) is 1.97. The van der Waals surface area contributed by atoms with Gasteiger partial charge in [-0.05, 0) is 12.1 Å². The highest BCUT2D eigenvalue weighted by molar-refractivity contribution is 5.69. The van der Waals surface area contributed by atoms with Crippen molar-refractivity contribution in [2.75, 3.05) is 0 Å². The van der Waals surface area contributed by atoms with Gasteiger partial charge in [-0.25, -0.2) is 9.78 Å². The molecule has 6 heteroatoms. The van der Waals surface area contributed by atoms with Crippen LogP contribution in [-0.4, -0.2) is 20.6 Å².